The van der Waals surface area contributed by atoms with Crippen molar-refractivity contribution in [3.8, 4) is 0 Å². The predicted molar refractivity (Wildman–Crippen MR) is 161 cm³/mol. The van der Waals surface area contributed by atoms with Gasteiger partial charge in [0.05, 0.1) is 12.0 Å². The van der Waals surface area contributed by atoms with E-state index in [4.69, 9.17) is 11.6 Å². The van der Waals surface area contributed by atoms with Gasteiger partial charge in [0.25, 0.3) is 0 Å². The highest BCUT2D eigenvalue weighted by Gasteiger charge is 2.49. The highest BCUT2D eigenvalue weighted by atomic mass is 35.5. The summed E-state index contributed by atoms with van der Waals surface area (Å²) in [6, 6.07) is 12.9. The standard InChI is InChI=1S/C32H36ClN5O5/c1-37(16-19-6-2-4-8-24(19)33)32(43)27(13-20-15-34-25-9-5-3-7-22(20)25)36-30(41)28-14-21(39)17-38(28)31(42)23-12-18-10-11-26(23)35-29(18)40/h2-9,15,18,21,23,26-28,34,39H,10-14,16-17H2,1H3,(H,35,40)(H,36,41)/t18?,21-,23?,26?,27?,28?/m1/s1. The van der Waals surface area contributed by atoms with Crippen LogP contribution in [0.25, 0.3) is 10.9 Å². The van der Waals surface area contributed by atoms with Gasteiger partial charge in [0, 0.05) is 67.1 Å². The lowest BCUT2D eigenvalue weighted by Crippen LogP contribution is -2.60. The lowest BCUT2D eigenvalue weighted by Gasteiger charge is -2.43. The Kier molecular flexibility index (Phi) is 8.15. The van der Waals surface area contributed by atoms with Crippen molar-refractivity contribution >= 4 is 46.1 Å². The first-order valence-electron chi connectivity index (χ1n) is 14.8. The summed E-state index contributed by atoms with van der Waals surface area (Å²) in [4.78, 5) is 59.9. The Bertz CT molecular complexity index is 1560. The molecule has 1 aromatic heterocycles. The second-order valence-electron chi connectivity index (χ2n) is 12.0. The largest absolute Gasteiger partial charge is 0.391 e. The average Bonchev–Trinajstić information content (AvgIpc) is 3.60. The van der Waals surface area contributed by atoms with Crippen molar-refractivity contribution in [1.82, 2.24) is 25.4 Å². The Balaban J connectivity index is 1.23. The number of likely N-dealkylation sites (tertiary alicyclic amines) is 1. The van der Waals surface area contributed by atoms with Crippen molar-refractivity contribution in [2.45, 2.75) is 62.9 Å². The maximum atomic E-state index is 13.9. The number of H-pyrrole nitrogens is 1. The van der Waals surface area contributed by atoms with Gasteiger partial charge in [-0.05, 0) is 42.5 Å². The fourth-order valence-corrected chi connectivity index (χ4v) is 7.08. The van der Waals surface area contributed by atoms with Crippen LogP contribution in [-0.4, -0.2) is 81.3 Å². The van der Waals surface area contributed by atoms with Crippen LogP contribution in [0.5, 0.6) is 0 Å². The Morgan fingerprint density at radius 1 is 1.09 bits per heavy atom. The van der Waals surface area contributed by atoms with Gasteiger partial charge in [-0.15, -0.1) is 0 Å². The van der Waals surface area contributed by atoms with Gasteiger partial charge in [0.15, 0.2) is 0 Å². The molecule has 4 amide bonds. The molecule has 43 heavy (non-hydrogen) atoms. The van der Waals surface area contributed by atoms with Gasteiger partial charge in [-0.25, -0.2) is 0 Å². The number of hydrogen-bond acceptors (Lipinski definition) is 5. The van der Waals surface area contributed by atoms with Crippen LogP contribution in [0.3, 0.4) is 0 Å². The minimum absolute atomic E-state index is 0.0180. The molecule has 3 saturated heterocycles. The predicted octanol–water partition coefficient (Wildman–Crippen LogP) is 2.38. The fourth-order valence-electron chi connectivity index (χ4n) is 6.89. The van der Waals surface area contributed by atoms with E-state index in [1.54, 1.807) is 13.1 Å². The minimum Gasteiger partial charge on any atom is -0.391 e. The van der Waals surface area contributed by atoms with E-state index in [2.05, 4.69) is 15.6 Å². The van der Waals surface area contributed by atoms with E-state index in [0.717, 1.165) is 34.9 Å². The third kappa shape index (κ3) is 5.86. The molecule has 2 aromatic carbocycles. The van der Waals surface area contributed by atoms with Crippen molar-refractivity contribution in [3.05, 3.63) is 70.9 Å². The normalized spacial score (nSPS) is 25.4. The molecule has 4 heterocycles. The summed E-state index contributed by atoms with van der Waals surface area (Å²) in [5.41, 5.74) is 2.57. The zero-order chi connectivity index (χ0) is 30.2. The number of benzene rings is 2. The maximum Gasteiger partial charge on any atom is 0.245 e. The summed E-state index contributed by atoms with van der Waals surface area (Å²) in [6.45, 7) is 0.285. The molecule has 11 heteroatoms. The molecule has 6 atom stereocenters. The number of hydrogen-bond donors (Lipinski definition) is 4. The number of halogens is 1. The van der Waals surface area contributed by atoms with Crippen molar-refractivity contribution in [3.63, 3.8) is 0 Å². The minimum atomic E-state index is -0.932. The third-order valence-electron chi connectivity index (χ3n) is 9.19. The summed E-state index contributed by atoms with van der Waals surface area (Å²) < 4.78 is 0. The molecule has 4 fully saturated rings. The zero-order valence-corrected chi connectivity index (χ0v) is 24.7. The molecule has 0 spiro atoms. The van der Waals surface area contributed by atoms with Crippen molar-refractivity contribution in [2.24, 2.45) is 11.8 Å². The summed E-state index contributed by atoms with van der Waals surface area (Å²) in [5, 5.41) is 17.9. The molecule has 1 aliphatic carbocycles. The molecule has 2 bridgehead atoms. The summed E-state index contributed by atoms with van der Waals surface area (Å²) in [5.74, 6) is -1.67. The second kappa shape index (κ2) is 12.0. The molecular weight excluding hydrogens is 570 g/mol. The van der Waals surface area contributed by atoms with Gasteiger partial charge < -0.3 is 30.5 Å². The first-order valence-corrected chi connectivity index (χ1v) is 15.2. The quantitative estimate of drug-likeness (QED) is 0.313. The van der Waals surface area contributed by atoms with Crippen LogP contribution >= 0.6 is 11.6 Å². The average molecular weight is 606 g/mol. The number of nitrogens with zero attached hydrogens (tertiary/aromatic N) is 2. The van der Waals surface area contributed by atoms with Gasteiger partial charge in [-0.2, -0.15) is 0 Å². The molecular formula is C32H36ClN5O5. The van der Waals surface area contributed by atoms with Crippen molar-refractivity contribution in [1.29, 1.82) is 0 Å². The van der Waals surface area contributed by atoms with Gasteiger partial charge in [0.2, 0.25) is 23.6 Å². The van der Waals surface area contributed by atoms with E-state index in [-0.39, 0.29) is 55.6 Å². The Labute approximate surface area is 254 Å². The molecule has 0 radical (unpaired) electrons. The molecule has 7 rings (SSSR count). The van der Waals surface area contributed by atoms with E-state index < -0.39 is 30.0 Å². The highest BCUT2D eigenvalue weighted by molar-refractivity contribution is 6.31. The molecule has 3 aromatic rings. The van der Waals surface area contributed by atoms with Crippen LogP contribution in [0.4, 0.5) is 0 Å². The molecule has 3 aliphatic heterocycles. The number of carbonyl (C=O) groups excluding carboxylic acids is 4. The van der Waals surface area contributed by atoms with Gasteiger partial charge in [-0.1, -0.05) is 48.0 Å². The van der Waals surface area contributed by atoms with Crippen molar-refractivity contribution < 1.29 is 24.3 Å². The Hall–Kier alpha value is -3.89. The number of rotatable bonds is 8. The SMILES string of the molecule is CN(Cc1ccccc1Cl)C(=O)C(Cc1c[nH]c2ccccc12)NC(=O)C1C[C@@H](O)CN1C(=O)C1CC2CCC1NC2=O. The number of nitrogens with one attached hydrogen (secondary N) is 3. The number of fused-ring (bicyclic) bond motifs is 4. The Morgan fingerprint density at radius 3 is 2.60 bits per heavy atom. The van der Waals surface area contributed by atoms with Gasteiger partial charge in [0.1, 0.15) is 12.1 Å². The molecule has 10 nitrogen and oxygen atoms in total. The number of aliphatic hydroxyl groups is 1. The lowest BCUT2D eigenvalue weighted by atomic mass is 9.73. The molecule has 4 N–H and O–H groups in total. The first kappa shape index (κ1) is 29.2. The number of para-hydroxylation sites is 1. The smallest absolute Gasteiger partial charge is 0.245 e. The third-order valence-corrected chi connectivity index (χ3v) is 9.55. The zero-order valence-electron chi connectivity index (χ0n) is 24.0. The van der Waals surface area contributed by atoms with Crippen LogP contribution in [0.1, 0.15) is 36.8 Å². The van der Waals surface area contributed by atoms with E-state index in [0.29, 0.717) is 11.4 Å². The number of aliphatic hydroxyl groups excluding tert-OH is 1. The molecule has 226 valence electrons. The van der Waals surface area contributed by atoms with Crippen LogP contribution in [-0.2, 0) is 32.1 Å². The Morgan fingerprint density at radius 2 is 1.86 bits per heavy atom. The number of aromatic amines is 1. The van der Waals surface area contributed by atoms with E-state index in [1.807, 2.05) is 48.7 Å². The summed E-state index contributed by atoms with van der Waals surface area (Å²) in [6.07, 6.45) is 3.21. The van der Waals surface area contributed by atoms with Crippen LogP contribution in [0, 0.1) is 11.8 Å². The number of piperidine rings is 2. The number of aromatic nitrogens is 1. The van der Waals surface area contributed by atoms with Crippen LogP contribution in [0.2, 0.25) is 5.02 Å². The molecule has 4 aliphatic rings. The van der Waals surface area contributed by atoms with Crippen molar-refractivity contribution in [2.75, 3.05) is 13.6 Å². The second-order valence-corrected chi connectivity index (χ2v) is 12.4. The highest BCUT2D eigenvalue weighted by Crippen LogP contribution is 2.37. The molecule has 1 saturated carbocycles. The molecule has 5 unspecified atom stereocenters. The topological polar surface area (TPSA) is 135 Å². The van der Waals surface area contributed by atoms with E-state index in [9.17, 15) is 24.3 Å². The summed E-state index contributed by atoms with van der Waals surface area (Å²) >= 11 is 6.36. The number of β-amino-alcohol motifs (C(OH)–C–C–N with tert-alkyl or cyclic N) is 1. The number of likely N-dealkylation sites (N-methyl/N-ethyl adjacent to an activating group) is 1. The van der Waals surface area contributed by atoms with Gasteiger partial charge in [-0.3, -0.25) is 19.2 Å². The van der Waals surface area contributed by atoms with Crippen LogP contribution in [0.15, 0.2) is 54.7 Å². The van der Waals surface area contributed by atoms with Crippen LogP contribution < -0.4 is 10.6 Å². The van der Waals surface area contributed by atoms with Gasteiger partial charge >= 0.3 is 0 Å². The number of carbonyl (C=O) groups is 4. The maximum absolute atomic E-state index is 13.9. The monoisotopic (exact) mass is 605 g/mol. The summed E-state index contributed by atoms with van der Waals surface area (Å²) in [7, 11) is 1.67. The lowest BCUT2D eigenvalue weighted by molar-refractivity contribution is -0.148. The number of amides is 4. The fraction of sp³-hybridized carbons (Fsp3) is 0.438. The van der Waals surface area contributed by atoms with E-state index in [1.165, 1.54) is 9.80 Å². The van der Waals surface area contributed by atoms with E-state index >= 15 is 0 Å². The first-order chi connectivity index (χ1) is 20.7.